The Labute approximate surface area is 122 Å². The summed E-state index contributed by atoms with van der Waals surface area (Å²) in [5.74, 6) is -0.613. The Morgan fingerprint density at radius 2 is 2.05 bits per heavy atom. The fraction of sp³-hybridized carbons (Fsp3) is 0. The van der Waals surface area contributed by atoms with E-state index in [9.17, 15) is 13.2 Å². The maximum Gasteiger partial charge on any atom is 0.272 e. The van der Waals surface area contributed by atoms with Gasteiger partial charge in [-0.05, 0) is 45.6 Å². The molecule has 8 heteroatoms. The second kappa shape index (κ2) is 5.32. The molecule has 0 aliphatic heterocycles. The van der Waals surface area contributed by atoms with Crippen molar-refractivity contribution in [2.75, 3.05) is 4.72 Å². The fourth-order valence-corrected chi connectivity index (χ4v) is 4.80. The first-order valence-corrected chi connectivity index (χ1v) is 8.21. The number of hydrogen-bond acceptors (Lipinski definition) is 4. The lowest BCUT2D eigenvalue weighted by Gasteiger charge is -2.07. The Morgan fingerprint density at radius 3 is 2.63 bits per heavy atom. The zero-order valence-corrected chi connectivity index (χ0v) is 12.7. The summed E-state index contributed by atoms with van der Waals surface area (Å²) in [4.78, 5) is 11.0. The van der Waals surface area contributed by atoms with Crippen molar-refractivity contribution in [1.82, 2.24) is 0 Å². The first-order valence-electron chi connectivity index (χ1n) is 5.06. The molecule has 0 radical (unpaired) electrons. The molecular formula is C11H9BrN2O3S2. The summed E-state index contributed by atoms with van der Waals surface area (Å²) in [6.45, 7) is 0. The number of nitrogens with one attached hydrogen (secondary N) is 1. The largest absolute Gasteiger partial charge is 0.366 e. The van der Waals surface area contributed by atoms with Crippen molar-refractivity contribution in [1.29, 1.82) is 0 Å². The van der Waals surface area contributed by atoms with Crippen LogP contribution in [0.25, 0.3) is 0 Å². The van der Waals surface area contributed by atoms with E-state index in [2.05, 4.69) is 20.7 Å². The molecule has 0 saturated carbocycles. The number of sulfonamides is 1. The quantitative estimate of drug-likeness (QED) is 0.876. The maximum atomic E-state index is 12.1. The highest BCUT2D eigenvalue weighted by molar-refractivity contribution is 9.10. The molecule has 0 spiro atoms. The van der Waals surface area contributed by atoms with E-state index in [1.807, 2.05) is 0 Å². The van der Waals surface area contributed by atoms with Gasteiger partial charge in [0.1, 0.15) is 0 Å². The number of carbonyl (C=O) groups is 1. The lowest BCUT2D eigenvalue weighted by Crippen LogP contribution is -2.14. The molecule has 0 bridgehead atoms. The Bertz CT molecular complexity index is 725. The van der Waals surface area contributed by atoms with Crippen LogP contribution in [0.15, 0.2) is 44.4 Å². The van der Waals surface area contributed by atoms with Crippen molar-refractivity contribution < 1.29 is 13.2 Å². The highest BCUT2D eigenvalue weighted by Gasteiger charge is 2.19. The number of benzene rings is 1. The summed E-state index contributed by atoms with van der Waals surface area (Å²) < 4.78 is 27.3. The van der Waals surface area contributed by atoms with Crippen LogP contribution in [0.2, 0.25) is 0 Å². The molecule has 0 aliphatic carbocycles. The number of primary amides is 1. The topological polar surface area (TPSA) is 89.3 Å². The van der Waals surface area contributed by atoms with Crippen LogP contribution in [0.3, 0.4) is 0 Å². The van der Waals surface area contributed by atoms with Gasteiger partial charge in [-0.15, -0.1) is 11.3 Å². The van der Waals surface area contributed by atoms with Gasteiger partial charge in [0.25, 0.3) is 10.0 Å². The summed E-state index contributed by atoms with van der Waals surface area (Å²) in [6, 6.07) is 7.66. The number of carbonyl (C=O) groups excluding carboxylic acids is 1. The molecular weight excluding hydrogens is 352 g/mol. The summed E-state index contributed by atoms with van der Waals surface area (Å²) >= 11 is 4.27. The lowest BCUT2D eigenvalue weighted by molar-refractivity contribution is 0.100. The highest BCUT2D eigenvalue weighted by atomic mass is 79.9. The van der Waals surface area contributed by atoms with Crippen LogP contribution in [-0.2, 0) is 10.0 Å². The van der Waals surface area contributed by atoms with Crippen molar-refractivity contribution in [3.63, 3.8) is 0 Å². The molecule has 19 heavy (non-hydrogen) atoms. The average molecular weight is 361 g/mol. The lowest BCUT2D eigenvalue weighted by atomic mass is 10.2. The molecule has 3 N–H and O–H groups in total. The van der Waals surface area contributed by atoms with Crippen molar-refractivity contribution in [2.45, 2.75) is 4.21 Å². The second-order valence-corrected chi connectivity index (χ2v) is 7.25. The van der Waals surface area contributed by atoms with Gasteiger partial charge in [-0.3, -0.25) is 9.52 Å². The zero-order chi connectivity index (χ0) is 14.0. The van der Waals surface area contributed by atoms with E-state index in [1.165, 1.54) is 12.1 Å². The summed E-state index contributed by atoms with van der Waals surface area (Å²) in [6.07, 6.45) is 0. The van der Waals surface area contributed by atoms with Crippen LogP contribution in [-0.4, -0.2) is 14.3 Å². The zero-order valence-electron chi connectivity index (χ0n) is 9.46. The van der Waals surface area contributed by atoms with Crippen LogP contribution in [0.5, 0.6) is 0 Å². The number of nitrogens with two attached hydrogens (primary N) is 1. The van der Waals surface area contributed by atoms with Crippen LogP contribution >= 0.6 is 27.3 Å². The van der Waals surface area contributed by atoms with Gasteiger partial charge < -0.3 is 5.73 Å². The second-order valence-electron chi connectivity index (χ2n) is 3.61. The highest BCUT2D eigenvalue weighted by Crippen LogP contribution is 2.29. The SMILES string of the molecule is NC(=O)c1cccc(NS(=O)(=O)c2sccc2Br)c1. The van der Waals surface area contributed by atoms with Gasteiger partial charge >= 0.3 is 0 Å². The summed E-state index contributed by atoms with van der Waals surface area (Å²) in [5.41, 5.74) is 5.67. The Hall–Kier alpha value is -1.38. The molecule has 0 saturated heterocycles. The van der Waals surface area contributed by atoms with Crippen LogP contribution in [0.1, 0.15) is 10.4 Å². The molecule has 5 nitrogen and oxygen atoms in total. The van der Waals surface area contributed by atoms with Crippen LogP contribution in [0.4, 0.5) is 5.69 Å². The average Bonchev–Trinajstić information content (AvgIpc) is 2.76. The number of amides is 1. The van der Waals surface area contributed by atoms with Crippen LogP contribution in [0, 0.1) is 0 Å². The summed E-state index contributed by atoms with van der Waals surface area (Å²) in [5, 5.41) is 1.67. The fourth-order valence-electron chi connectivity index (χ4n) is 1.41. The minimum absolute atomic E-state index is 0.178. The number of rotatable bonds is 4. The Balaban J connectivity index is 2.34. The van der Waals surface area contributed by atoms with E-state index < -0.39 is 15.9 Å². The van der Waals surface area contributed by atoms with Crippen molar-refractivity contribution in [3.05, 3.63) is 45.7 Å². The van der Waals surface area contributed by atoms with E-state index in [0.717, 1.165) is 11.3 Å². The van der Waals surface area contributed by atoms with Crippen LogP contribution < -0.4 is 10.5 Å². The molecule has 1 aromatic carbocycles. The van der Waals surface area contributed by atoms with E-state index >= 15 is 0 Å². The monoisotopic (exact) mass is 360 g/mol. The van der Waals surface area contributed by atoms with E-state index in [1.54, 1.807) is 23.6 Å². The predicted molar refractivity (Wildman–Crippen MR) is 77.8 cm³/mol. The molecule has 2 aromatic rings. The Kier molecular flexibility index (Phi) is 3.93. The molecule has 2 rings (SSSR count). The molecule has 0 unspecified atom stereocenters. The Morgan fingerprint density at radius 1 is 1.32 bits per heavy atom. The molecule has 0 atom stereocenters. The minimum atomic E-state index is -3.67. The van der Waals surface area contributed by atoms with Crippen molar-refractivity contribution in [2.24, 2.45) is 5.73 Å². The van der Waals surface area contributed by atoms with Gasteiger partial charge in [-0.2, -0.15) is 0 Å². The molecule has 100 valence electrons. The third kappa shape index (κ3) is 3.14. The van der Waals surface area contributed by atoms with Gasteiger partial charge in [0.15, 0.2) is 4.21 Å². The molecule has 0 aliphatic rings. The van der Waals surface area contributed by atoms with Gasteiger partial charge in [0.2, 0.25) is 5.91 Å². The first kappa shape index (κ1) is 14.0. The predicted octanol–water partition coefficient (Wildman–Crippen LogP) is 2.41. The minimum Gasteiger partial charge on any atom is -0.366 e. The third-order valence-corrected chi connectivity index (χ3v) is 6.28. The first-order chi connectivity index (χ1) is 8.90. The normalized spacial score (nSPS) is 11.2. The van der Waals surface area contributed by atoms with Gasteiger partial charge in [-0.25, -0.2) is 8.42 Å². The van der Waals surface area contributed by atoms with Gasteiger partial charge in [0.05, 0.1) is 0 Å². The molecule has 0 fully saturated rings. The third-order valence-electron chi connectivity index (χ3n) is 2.23. The number of hydrogen-bond donors (Lipinski definition) is 2. The van der Waals surface area contributed by atoms with Gasteiger partial charge in [-0.1, -0.05) is 6.07 Å². The standard InChI is InChI=1S/C11H9BrN2O3S2/c12-9-4-5-18-11(9)19(16,17)14-8-3-1-2-7(6-8)10(13)15/h1-6,14H,(H2,13,15). The van der Waals surface area contributed by atoms with E-state index in [-0.39, 0.29) is 15.5 Å². The summed E-state index contributed by atoms with van der Waals surface area (Å²) in [7, 11) is -3.67. The smallest absolute Gasteiger partial charge is 0.272 e. The van der Waals surface area contributed by atoms with Crippen molar-refractivity contribution in [3.8, 4) is 0 Å². The number of anilines is 1. The molecule has 1 aromatic heterocycles. The van der Waals surface area contributed by atoms with Gasteiger partial charge in [0, 0.05) is 15.7 Å². The molecule has 1 amide bonds. The van der Waals surface area contributed by atoms with E-state index in [0.29, 0.717) is 4.47 Å². The number of halogens is 1. The number of thiophene rings is 1. The van der Waals surface area contributed by atoms with Crippen molar-refractivity contribution >= 4 is 48.9 Å². The molecule has 1 heterocycles. The maximum absolute atomic E-state index is 12.1. The van der Waals surface area contributed by atoms with E-state index in [4.69, 9.17) is 5.73 Å².